The number of aliphatic hydroxyl groups excluding tert-OH is 2. The smallest absolute Gasteiger partial charge is 0.328 e. The van der Waals surface area contributed by atoms with Crippen molar-refractivity contribution in [2.75, 3.05) is 20.8 Å². The maximum atomic E-state index is 10.6. The molecule has 2 atom stereocenters. The number of phenolic OH excluding ortho intramolecular Hbond substituents is 1. The summed E-state index contributed by atoms with van der Waals surface area (Å²) in [6, 6.07) is 9.04. The van der Waals surface area contributed by atoms with Crippen LogP contribution in [0.1, 0.15) is 17.2 Å². The quantitative estimate of drug-likeness (QED) is 0.479. The molecule has 0 spiro atoms. The van der Waals surface area contributed by atoms with E-state index in [1.807, 2.05) is 0 Å². The number of hydrogen-bond donors (Lipinski definition) is 4. The van der Waals surface area contributed by atoms with Crippen molar-refractivity contribution in [3.63, 3.8) is 0 Å². The maximum absolute atomic E-state index is 10.6. The first-order valence-corrected chi connectivity index (χ1v) is 8.31. The van der Waals surface area contributed by atoms with Crippen LogP contribution in [0.5, 0.6) is 23.0 Å². The second-order valence-corrected chi connectivity index (χ2v) is 5.80. The lowest BCUT2D eigenvalue weighted by Crippen LogP contribution is -2.29. The first kappa shape index (κ1) is 21.1. The molecule has 0 fully saturated rings. The van der Waals surface area contributed by atoms with Gasteiger partial charge in [-0.3, -0.25) is 0 Å². The summed E-state index contributed by atoms with van der Waals surface area (Å²) < 4.78 is 16.0. The second kappa shape index (κ2) is 9.63. The summed E-state index contributed by atoms with van der Waals surface area (Å²) in [6.07, 6.45) is 0.156. The average molecular weight is 390 g/mol. The molecule has 0 aliphatic heterocycles. The van der Waals surface area contributed by atoms with Crippen molar-refractivity contribution in [3.8, 4) is 23.0 Å². The Balaban J connectivity index is 2.25. The number of phenols is 1. The summed E-state index contributed by atoms with van der Waals surface area (Å²) >= 11 is 0. The predicted molar refractivity (Wildman–Crippen MR) is 101 cm³/mol. The van der Waals surface area contributed by atoms with E-state index in [0.29, 0.717) is 16.9 Å². The van der Waals surface area contributed by atoms with E-state index in [4.69, 9.17) is 19.3 Å². The molecule has 0 amide bonds. The number of methoxy groups -OCH3 is 2. The van der Waals surface area contributed by atoms with E-state index in [2.05, 4.69) is 0 Å². The fourth-order valence-electron chi connectivity index (χ4n) is 2.51. The third-order valence-corrected chi connectivity index (χ3v) is 3.96. The summed E-state index contributed by atoms with van der Waals surface area (Å²) in [5.74, 6) is -0.403. The third-order valence-electron chi connectivity index (χ3n) is 3.96. The molecule has 0 heterocycles. The molecule has 0 aliphatic carbocycles. The number of ether oxygens (including phenoxy) is 3. The van der Waals surface area contributed by atoms with E-state index in [1.165, 1.54) is 38.5 Å². The van der Waals surface area contributed by atoms with Crippen LogP contribution < -0.4 is 14.2 Å². The normalized spacial score (nSPS) is 13.1. The molecule has 0 radical (unpaired) electrons. The summed E-state index contributed by atoms with van der Waals surface area (Å²) in [5.41, 5.74) is 0.963. The SMILES string of the molecule is COc1cc(C(O)C(CO)Oc2ccc(C=CC(=O)O)cc2OC)ccc1O. The topological polar surface area (TPSA) is 126 Å². The molecule has 2 unspecified atom stereocenters. The van der Waals surface area contributed by atoms with Crippen LogP contribution >= 0.6 is 0 Å². The van der Waals surface area contributed by atoms with Gasteiger partial charge in [0.25, 0.3) is 0 Å². The first-order valence-electron chi connectivity index (χ1n) is 8.31. The van der Waals surface area contributed by atoms with Crippen molar-refractivity contribution in [1.29, 1.82) is 0 Å². The number of carboxylic acids is 1. The Morgan fingerprint density at radius 1 is 1.07 bits per heavy atom. The fraction of sp³-hybridized carbons (Fsp3) is 0.250. The van der Waals surface area contributed by atoms with Crippen LogP contribution in [0.4, 0.5) is 0 Å². The summed E-state index contributed by atoms with van der Waals surface area (Å²) in [5, 5.41) is 38.6. The Morgan fingerprint density at radius 2 is 1.79 bits per heavy atom. The standard InChI is InChI=1S/C20H22O8/c1-26-16-10-13(5-6-14(16)22)20(25)18(11-21)28-15-7-3-12(4-8-19(23)24)9-17(15)27-2/h3-10,18,20-22,25H,11H2,1-2H3,(H,23,24). The molecular weight excluding hydrogens is 368 g/mol. The van der Waals surface area contributed by atoms with Crippen LogP contribution in [0.25, 0.3) is 6.08 Å². The van der Waals surface area contributed by atoms with Gasteiger partial charge in [-0.05, 0) is 41.5 Å². The lowest BCUT2D eigenvalue weighted by atomic mass is 10.0. The zero-order valence-corrected chi connectivity index (χ0v) is 15.4. The first-order chi connectivity index (χ1) is 13.4. The van der Waals surface area contributed by atoms with Crippen LogP contribution in [0.2, 0.25) is 0 Å². The van der Waals surface area contributed by atoms with E-state index in [9.17, 15) is 20.1 Å². The monoisotopic (exact) mass is 390 g/mol. The second-order valence-electron chi connectivity index (χ2n) is 5.80. The predicted octanol–water partition coefficient (Wildman–Crippen LogP) is 1.98. The number of carboxylic acid groups (broad SMARTS) is 1. The highest BCUT2D eigenvalue weighted by atomic mass is 16.5. The van der Waals surface area contributed by atoms with Gasteiger partial charge in [0.1, 0.15) is 6.10 Å². The molecule has 4 N–H and O–H groups in total. The van der Waals surface area contributed by atoms with Crippen molar-refractivity contribution in [1.82, 2.24) is 0 Å². The Morgan fingerprint density at radius 3 is 2.39 bits per heavy atom. The molecule has 2 aromatic carbocycles. The molecular formula is C20H22O8. The molecule has 0 aromatic heterocycles. The van der Waals surface area contributed by atoms with Crippen LogP contribution in [0.3, 0.4) is 0 Å². The van der Waals surface area contributed by atoms with Crippen LogP contribution in [0.15, 0.2) is 42.5 Å². The number of hydrogen-bond acceptors (Lipinski definition) is 7. The van der Waals surface area contributed by atoms with Gasteiger partial charge >= 0.3 is 5.97 Å². The van der Waals surface area contributed by atoms with Crippen LogP contribution in [0, 0.1) is 0 Å². The Bertz CT molecular complexity index is 846. The molecule has 8 nitrogen and oxygen atoms in total. The van der Waals surface area contributed by atoms with Gasteiger partial charge in [0.2, 0.25) is 0 Å². The molecule has 28 heavy (non-hydrogen) atoms. The Labute approximate surface area is 161 Å². The molecule has 150 valence electrons. The minimum absolute atomic E-state index is 0.0772. The molecule has 0 saturated heterocycles. The van der Waals surface area contributed by atoms with Gasteiger partial charge in [-0.15, -0.1) is 0 Å². The molecule has 2 aromatic rings. The molecule has 0 aliphatic rings. The van der Waals surface area contributed by atoms with Gasteiger partial charge in [-0.2, -0.15) is 0 Å². The third kappa shape index (κ3) is 5.15. The number of aliphatic hydroxyl groups is 2. The van der Waals surface area contributed by atoms with E-state index in [0.717, 1.165) is 6.08 Å². The Hall–Kier alpha value is -3.23. The molecule has 8 heteroatoms. The van der Waals surface area contributed by atoms with Crippen molar-refractivity contribution < 1.29 is 39.4 Å². The van der Waals surface area contributed by atoms with Crippen molar-refractivity contribution in [2.45, 2.75) is 12.2 Å². The van der Waals surface area contributed by atoms with Crippen LogP contribution in [-0.4, -0.2) is 53.3 Å². The van der Waals surface area contributed by atoms with Gasteiger partial charge in [0.15, 0.2) is 29.1 Å². The molecule has 2 rings (SSSR count). The summed E-state index contributed by atoms with van der Waals surface area (Å²) in [6.45, 7) is -0.492. The number of aliphatic carboxylic acids is 1. The van der Waals surface area contributed by atoms with Crippen LogP contribution in [-0.2, 0) is 4.79 Å². The molecule has 0 saturated carbocycles. The summed E-state index contributed by atoms with van der Waals surface area (Å²) in [4.78, 5) is 10.6. The van der Waals surface area contributed by atoms with E-state index < -0.39 is 24.8 Å². The van der Waals surface area contributed by atoms with Crippen molar-refractivity contribution >= 4 is 12.0 Å². The van der Waals surface area contributed by atoms with Crippen molar-refractivity contribution in [3.05, 3.63) is 53.6 Å². The van der Waals surface area contributed by atoms with Crippen molar-refractivity contribution in [2.24, 2.45) is 0 Å². The lowest BCUT2D eigenvalue weighted by molar-refractivity contribution is -0.131. The van der Waals surface area contributed by atoms with Gasteiger partial charge in [-0.1, -0.05) is 12.1 Å². The zero-order chi connectivity index (χ0) is 20.7. The highest BCUT2D eigenvalue weighted by Gasteiger charge is 2.24. The summed E-state index contributed by atoms with van der Waals surface area (Å²) in [7, 11) is 2.80. The number of aromatic hydroxyl groups is 1. The van der Waals surface area contributed by atoms with E-state index in [-0.39, 0.29) is 17.2 Å². The Kier molecular flexibility index (Phi) is 7.25. The minimum atomic E-state index is -1.21. The minimum Gasteiger partial charge on any atom is -0.504 e. The van der Waals surface area contributed by atoms with Gasteiger partial charge in [-0.25, -0.2) is 4.79 Å². The van der Waals surface area contributed by atoms with E-state index >= 15 is 0 Å². The largest absolute Gasteiger partial charge is 0.504 e. The average Bonchev–Trinajstić information content (AvgIpc) is 2.70. The maximum Gasteiger partial charge on any atom is 0.328 e. The lowest BCUT2D eigenvalue weighted by Gasteiger charge is -2.24. The highest BCUT2D eigenvalue weighted by molar-refractivity contribution is 5.85. The fourth-order valence-corrected chi connectivity index (χ4v) is 2.51. The number of rotatable bonds is 9. The number of benzene rings is 2. The van der Waals surface area contributed by atoms with E-state index in [1.54, 1.807) is 18.2 Å². The molecule has 0 bridgehead atoms. The van der Waals surface area contributed by atoms with Gasteiger partial charge in [0, 0.05) is 6.08 Å². The highest BCUT2D eigenvalue weighted by Crippen LogP contribution is 2.34. The number of carbonyl (C=O) groups is 1. The van der Waals surface area contributed by atoms with Gasteiger partial charge in [0.05, 0.1) is 20.8 Å². The zero-order valence-electron chi connectivity index (χ0n) is 15.4. The van der Waals surface area contributed by atoms with Gasteiger partial charge < -0.3 is 34.6 Å².